The first-order valence-electron chi connectivity index (χ1n) is 18.2. The highest BCUT2D eigenvalue weighted by atomic mass is 32.1. The molecule has 2 aliphatic rings. The summed E-state index contributed by atoms with van der Waals surface area (Å²) in [7, 11) is 3.61. The molecule has 286 valence electrons. The molecule has 2 aromatic rings. The Morgan fingerprint density at radius 1 is 1.15 bits per heavy atom. The Labute approximate surface area is 309 Å². The molecule has 2 heterocycles. The number of halogens is 1. The number of likely N-dealkylation sites (N-methyl/N-ethyl adjacent to an activating group) is 2. The maximum Gasteiger partial charge on any atom is 0.306 e. The molecular weight excluding hydrogens is 690 g/mol. The maximum atomic E-state index is 14.1. The average Bonchev–Trinajstić information content (AvgIpc) is 3.39. The van der Waals surface area contributed by atoms with Crippen LogP contribution >= 0.6 is 11.3 Å². The number of ether oxygens (including phenoxy) is 1. The summed E-state index contributed by atoms with van der Waals surface area (Å²) < 4.78 is 19.4. The van der Waals surface area contributed by atoms with Crippen molar-refractivity contribution in [1.29, 1.82) is 0 Å². The molecule has 3 amide bonds. The van der Waals surface area contributed by atoms with E-state index in [-0.39, 0.29) is 60.0 Å². The molecular formula is C38H54FN5O7S. The number of hydrogen-bond donors (Lipinski definition) is 3. The van der Waals surface area contributed by atoms with Crippen molar-refractivity contribution in [3.05, 3.63) is 51.7 Å². The molecule has 1 saturated heterocycles. The number of likely N-dealkylation sites (tertiary alicyclic amines) is 1. The molecule has 1 aliphatic heterocycles. The van der Waals surface area contributed by atoms with Gasteiger partial charge in [-0.25, -0.2) is 9.37 Å². The largest absolute Gasteiger partial charge is 0.481 e. The van der Waals surface area contributed by atoms with Crippen LogP contribution in [0, 0.1) is 23.6 Å². The van der Waals surface area contributed by atoms with Crippen LogP contribution < -0.4 is 10.6 Å². The van der Waals surface area contributed by atoms with Crippen LogP contribution in [0.25, 0.3) is 0 Å². The fourth-order valence-electron chi connectivity index (χ4n) is 7.37. The number of thiazole rings is 1. The van der Waals surface area contributed by atoms with E-state index < -0.39 is 47.5 Å². The number of nitrogens with zero attached hydrogens (tertiary/aromatic N) is 3. The molecule has 8 atom stereocenters. The van der Waals surface area contributed by atoms with Gasteiger partial charge in [0, 0.05) is 43.3 Å². The standard InChI is InChI=1S/C38H54FN5O7S/c1-9-22(4)32(41-34(47)29-11-10-16-43(29)7)36(48)44(8)30(21(2)3)17-31(51-24(6)45)35-40-28(20-52-35)33(46)42-38(18-23(5)37(49)50)19-27(38)25-12-14-26(39)15-13-25/h12-15,20-23,27,29-32H,9-11,16-19H2,1-8H3,(H,41,47)(H,42,46)(H,49,50)/t22?,23-,27?,29?,30?,31+,32-,38?/m0/s1. The van der Waals surface area contributed by atoms with Crippen molar-refractivity contribution >= 4 is 41.0 Å². The fraction of sp³-hybridized carbons (Fsp3) is 0.632. The van der Waals surface area contributed by atoms with E-state index in [4.69, 9.17) is 4.74 Å². The lowest BCUT2D eigenvalue weighted by Gasteiger charge is -2.37. The lowest BCUT2D eigenvalue weighted by atomic mass is 9.93. The van der Waals surface area contributed by atoms with Crippen molar-refractivity contribution in [2.24, 2.45) is 17.8 Å². The first kappa shape index (κ1) is 40.9. The van der Waals surface area contributed by atoms with Gasteiger partial charge in [0.25, 0.3) is 5.91 Å². The van der Waals surface area contributed by atoms with Crippen molar-refractivity contribution in [3.8, 4) is 0 Å². The SMILES string of the molecule is CCC(C)[C@H](NC(=O)C1CCCN1C)C(=O)N(C)C(C[C@@H](OC(C)=O)c1nc(C(=O)NC2(C[C@H](C)C(=O)O)CC2c2ccc(F)cc2)cs1)C(C)C. The quantitative estimate of drug-likeness (QED) is 0.186. The van der Waals surface area contributed by atoms with Crippen LogP contribution in [0.5, 0.6) is 0 Å². The summed E-state index contributed by atoms with van der Waals surface area (Å²) in [6.45, 7) is 11.6. The lowest BCUT2D eigenvalue weighted by Crippen LogP contribution is -2.56. The van der Waals surface area contributed by atoms with Crippen molar-refractivity contribution in [2.45, 2.75) is 116 Å². The highest BCUT2D eigenvalue weighted by Gasteiger charge is 2.57. The van der Waals surface area contributed by atoms with Crippen LogP contribution in [0.1, 0.15) is 113 Å². The Hall–Kier alpha value is -3.91. The van der Waals surface area contributed by atoms with Gasteiger partial charge in [-0.05, 0) is 68.8 Å². The fourth-order valence-corrected chi connectivity index (χ4v) is 8.21. The first-order valence-corrected chi connectivity index (χ1v) is 19.1. The number of carboxylic acid groups (broad SMARTS) is 1. The van der Waals surface area contributed by atoms with Gasteiger partial charge in [-0.2, -0.15) is 0 Å². The van der Waals surface area contributed by atoms with Crippen LogP contribution in [0.4, 0.5) is 4.39 Å². The molecule has 0 radical (unpaired) electrons. The Bertz CT molecular complexity index is 1600. The van der Waals surface area contributed by atoms with Gasteiger partial charge >= 0.3 is 11.9 Å². The smallest absolute Gasteiger partial charge is 0.306 e. The van der Waals surface area contributed by atoms with E-state index in [0.717, 1.165) is 36.3 Å². The van der Waals surface area contributed by atoms with Crippen LogP contribution in [-0.4, -0.2) is 93.9 Å². The number of carboxylic acids is 1. The highest BCUT2D eigenvalue weighted by molar-refractivity contribution is 7.09. The van der Waals surface area contributed by atoms with Crippen LogP contribution in [0.2, 0.25) is 0 Å². The monoisotopic (exact) mass is 743 g/mol. The van der Waals surface area contributed by atoms with Crippen molar-refractivity contribution in [2.75, 3.05) is 20.6 Å². The van der Waals surface area contributed by atoms with E-state index in [9.17, 15) is 33.5 Å². The molecule has 5 unspecified atom stereocenters. The molecule has 14 heteroatoms. The normalized spacial score (nSPS) is 22.9. The Balaban J connectivity index is 1.53. The molecule has 1 saturated carbocycles. The second-order valence-corrected chi connectivity index (χ2v) is 15.9. The Morgan fingerprint density at radius 2 is 1.83 bits per heavy atom. The van der Waals surface area contributed by atoms with E-state index >= 15 is 0 Å². The summed E-state index contributed by atoms with van der Waals surface area (Å²) in [6.07, 6.45) is 2.33. The summed E-state index contributed by atoms with van der Waals surface area (Å²) in [6, 6.07) is 4.53. The summed E-state index contributed by atoms with van der Waals surface area (Å²) in [4.78, 5) is 73.4. The number of rotatable bonds is 17. The molecule has 1 aromatic carbocycles. The van der Waals surface area contributed by atoms with Gasteiger partial charge < -0.3 is 25.4 Å². The molecule has 4 rings (SSSR count). The number of esters is 1. The third-order valence-electron chi connectivity index (χ3n) is 10.8. The number of benzene rings is 1. The second kappa shape index (κ2) is 17.3. The average molecular weight is 744 g/mol. The predicted molar refractivity (Wildman–Crippen MR) is 195 cm³/mol. The van der Waals surface area contributed by atoms with E-state index in [1.54, 1.807) is 36.4 Å². The van der Waals surface area contributed by atoms with E-state index in [1.165, 1.54) is 19.1 Å². The number of amides is 3. The molecule has 12 nitrogen and oxygen atoms in total. The molecule has 52 heavy (non-hydrogen) atoms. The summed E-state index contributed by atoms with van der Waals surface area (Å²) >= 11 is 1.15. The third kappa shape index (κ3) is 9.74. The summed E-state index contributed by atoms with van der Waals surface area (Å²) in [5.41, 5.74) is 0.0330. The number of nitrogens with one attached hydrogen (secondary N) is 2. The summed E-state index contributed by atoms with van der Waals surface area (Å²) in [5.74, 6) is -3.95. The highest BCUT2D eigenvalue weighted by Crippen LogP contribution is 2.55. The molecule has 0 spiro atoms. The number of carbonyl (C=O) groups is 5. The Morgan fingerprint density at radius 3 is 2.38 bits per heavy atom. The molecule has 0 bridgehead atoms. The zero-order valence-corrected chi connectivity index (χ0v) is 32.3. The minimum absolute atomic E-state index is 0.0710. The Kier molecular flexibility index (Phi) is 13.6. The van der Waals surface area contributed by atoms with Crippen molar-refractivity contribution in [1.82, 2.24) is 25.4 Å². The zero-order valence-electron chi connectivity index (χ0n) is 31.5. The molecule has 1 aromatic heterocycles. The van der Waals surface area contributed by atoms with E-state index in [0.29, 0.717) is 17.8 Å². The van der Waals surface area contributed by atoms with E-state index in [1.807, 2.05) is 39.6 Å². The van der Waals surface area contributed by atoms with Gasteiger partial charge in [-0.1, -0.05) is 53.2 Å². The predicted octanol–water partition coefficient (Wildman–Crippen LogP) is 5.15. The van der Waals surface area contributed by atoms with Crippen molar-refractivity contribution < 1.29 is 38.2 Å². The van der Waals surface area contributed by atoms with E-state index in [2.05, 4.69) is 15.6 Å². The number of hydrogen-bond acceptors (Lipinski definition) is 9. The molecule has 1 aliphatic carbocycles. The minimum atomic E-state index is -0.985. The second-order valence-electron chi connectivity index (χ2n) is 15.0. The summed E-state index contributed by atoms with van der Waals surface area (Å²) in [5, 5.41) is 17.7. The van der Waals surface area contributed by atoms with Gasteiger partial charge in [-0.3, -0.25) is 28.9 Å². The van der Waals surface area contributed by atoms with Gasteiger partial charge in [0.15, 0.2) is 6.10 Å². The van der Waals surface area contributed by atoms with Gasteiger partial charge in [0.05, 0.1) is 12.0 Å². The lowest BCUT2D eigenvalue weighted by molar-refractivity contribution is -0.149. The number of aliphatic carboxylic acids is 1. The minimum Gasteiger partial charge on any atom is -0.481 e. The van der Waals surface area contributed by atoms with Gasteiger partial charge in [0.1, 0.15) is 22.6 Å². The first-order chi connectivity index (χ1) is 24.5. The van der Waals surface area contributed by atoms with Crippen LogP contribution in [0.3, 0.4) is 0 Å². The topological polar surface area (TPSA) is 158 Å². The molecule has 2 fully saturated rings. The van der Waals surface area contributed by atoms with Gasteiger partial charge in [-0.15, -0.1) is 11.3 Å². The van der Waals surface area contributed by atoms with Crippen molar-refractivity contribution in [3.63, 3.8) is 0 Å². The number of carbonyl (C=O) groups excluding carboxylic acids is 4. The zero-order chi connectivity index (χ0) is 38.5. The van der Waals surface area contributed by atoms with Gasteiger partial charge in [0.2, 0.25) is 11.8 Å². The molecule has 3 N–H and O–H groups in total. The number of aromatic nitrogens is 1. The van der Waals surface area contributed by atoms with Crippen LogP contribution in [-0.2, 0) is 23.9 Å². The third-order valence-corrected chi connectivity index (χ3v) is 11.7. The van der Waals surface area contributed by atoms with Crippen LogP contribution in [0.15, 0.2) is 29.6 Å². The maximum absolute atomic E-state index is 14.1.